The Morgan fingerprint density at radius 1 is 0.829 bits per heavy atom. The second-order valence-corrected chi connectivity index (χ2v) is 13.3. The first kappa shape index (κ1) is 30.0. The van der Waals surface area contributed by atoms with Crippen molar-refractivity contribution in [3.05, 3.63) is 124 Å². The maximum absolute atomic E-state index is 13.7. The predicted octanol–water partition coefficient (Wildman–Crippen LogP) is 7.32. The Morgan fingerprint density at radius 3 is 2.10 bits per heavy atom. The van der Waals surface area contributed by atoms with Gasteiger partial charge in [0.1, 0.15) is 6.54 Å². The number of nitrogens with one attached hydrogen (secondary N) is 1. The van der Waals surface area contributed by atoms with E-state index in [2.05, 4.69) is 26.1 Å². The van der Waals surface area contributed by atoms with Gasteiger partial charge in [0.2, 0.25) is 5.91 Å². The second kappa shape index (κ2) is 11.9. The number of rotatable bonds is 8. The van der Waals surface area contributed by atoms with E-state index in [0.29, 0.717) is 33.1 Å². The van der Waals surface area contributed by atoms with Gasteiger partial charge in [-0.1, -0.05) is 92.5 Å². The third-order valence-electron chi connectivity index (χ3n) is 6.83. The molecule has 0 unspecified atom stereocenters. The van der Waals surface area contributed by atoms with E-state index in [1.165, 1.54) is 12.1 Å². The van der Waals surface area contributed by atoms with Crippen molar-refractivity contribution < 1.29 is 18.0 Å². The number of sulfonamides is 1. The van der Waals surface area contributed by atoms with Crippen LogP contribution in [0.5, 0.6) is 0 Å². The number of hydrogen-bond acceptors (Lipinski definition) is 4. The van der Waals surface area contributed by atoms with Crippen molar-refractivity contribution in [3.8, 4) is 0 Å². The molecule has 1 amide bonds. The average Bonchev–Trinajstić information content (AvgIpc) is 2.93. The highest BCUT2D eigenvalue weighted by atomic mass is 35.5. The van der Waals surface area contributed by atoms with Crippen molar-refractivity contribution in [2.24, 2.45) is 0 Å². The van der Waals surface area contributed by atoms with E-state index < -0.39 is 22.5 Å². The van der Waals surface area contributed by atoms with Crippen LogP contribution >= 0.6 is 11.6 Å². The molecule has 4 aromatic rings. The summed E-state index contributed by atoms with van der Waals surface area (Å²) in [4.78, 5) is 26.5. The molecule has 1 N–H and O–H groups in total. The van der Waals surface area contributed by atoms with Crippen LogP contribution in [0.15, 0.2) is 95.9 Å². The van der Waals surface area contributed by atoms with Crippen LogP contribution in [0.25, 0.3) is 0 Å². The number of ketones is 1. The summed E-state index contributed by atoms with van der Waals surface area (Å²) in [6.07, 6.45) is 0. The molecule has 0 atom stereocenters. The monoisotopic (exact) mass is 588 g/mol. The minimum absolute atomic E-state index is 0.0315. The maximum atomic E-state index is 13.7. The molecular formula is C33H33ClN2O4S. The smallest absolute Gasteiger partial charge is 0.264 e. The first-order chi connectivity index (χ1) is 19.3. The minimum atomic E-state index is -4.11. The van der Waals surface area contributed by atoms with Crippen LogP contribution in [-0.4, -0.2) is 26.7 Å². The zero-order valence-corrected chi connectivity index (χ0v) is 25.3. The number of aryl methyl sites for hydroxylation is 1. The Morgan fingerprint density at radius 2 is 1.46 bits per heavy atom. The number of carbonyl (C=O) groups excluding carboxylic acids is 2. The first-order valence-corrected chi connectivity index (χ1v) is 15.0. The summed E-state index contributed by atoms with van der Waals surface area (Å²) in [7, 11) is -4.11. The maximum Gasteiger partial charge on any atom is 0.264 e. The van der Waals surface area contributed by atoms with Crippen LogP contribution < -0.4 is 9.62 Å². The molecule has 0 heterocycles. The SMILES string of the molecule is Cc1ccc(S(=O)(=O)N(CC(=O)Nc2cccc(C(=O)c3ccc(C(C)(C)C)cc3)c2)c2cccc(Cl)c2C)cc1. The van der Waals surface area contributed by atoms with Gasteiger partial charge in [-0.15, -0.1) is 0 Å². The molecule has 4 aromatic carbocycles. The molecular weight excluding hydrogens is 556 g/mol. The molecule has 4 rings (SSSR count). The predicted molar refractivity (Wildman–Crippen MR) is 166 cm³/mol. The molecule has 0 bridgehead atoms. The van der Waals surface area contributed by atoms with E-state index in [4.69, 9.17) is 11.6 Å². The van der Waals surface area contributed by atoms with Crippen LogP contribution in [0.2, 0.25) is 5.02 Å². The van der Waals surface area contributed by atoms with Crippen molar-refractivity contribution in [2.45, 2.75) is 44.9 Å². The number of benzene rings is 4. The van der Waals surface area contributed by atoms with Gasteiger partial charge in [-0.3, -0.25) is 13.9 Å². The van der Waals surface area contributed by atoms with Gasteiger partial charge < -0.3 is 5.32 Å². The van der Waals surface area contributed by atoms with E-state index in [9.17, 15) is 18.0 Å². The highest BCUT2D eigenvalue weighted by molar-refractivity contribution is 7.92. The lowest BCUT2D eigenvalue weighted by Crippen LogP contribution is -2.38. The summed E-state index contributed by atoms with van der Waals surface area (Å²) in [6.45, 7) is 9.40. The van der Waals surface area contributed by atoms with Gasteiger partial charge in [0.05, 0.1) is 10.6 Å². The molecule has 0 aliphatic heterocycles. The zero-order chi connectivity index (χ0) is 29.9. The van der Waals surface area contributed by atoms with E-state index in [-0.39, 0.29) is 16.1 Å². The molecule has 0 spiro atoms. The zero-order valence-electron chi connectivity index (χ0n) is 23.7. The van der Waals surface area contributed by atoms with Gasteiger partial charge in [-0.05, 0) is 66.8 Å². The van der Waals surface area contributed by atoms with Gasteiger partial charge in [0.25, 0.3) is 10.0 Å². The lowest BCUT2D eigenvalue weighted by Gasteiger charge is -2.26. The lowest BCUT2D eigenvalue weighted by atomic mass is 9.86. The lowest BCUT2D eigenvalue weighted by molar-refractivity contribution is -0.114. The van der Waals surface area contributed by atoms with E-state index in [1.807, 2.05) is 19.1 Å². The number of hydrogen-bond donors (Lipinski definition) is 1. The molecule has 0 radical (unpaired) electrons. The molecule has 0 aromatic heterocycles. The largest absolute Gasteiger partial charge is 0.324 e. The molecule has 0 aliphatic carbocycles. The molecule has 0 fully saturated rings. The van der Waals surface area contributed by atoms with Gasteiger partial charge in [0, 0.05) is 21.8 Å². The highest BCUT2D eigenvalue weighted by Crippen LogP contribution is 2.31. The molecule has 6 nitrogen and oxygen atoms in total. The van der Waals surface area contributed by atoms with Crippen molar-refractivity contribution in [2.75, 3.05) is 16.2 Å². The van der Waals surface area contributed by atoms with Gasteiger partial charge >= 0.3 is 0 Å². The fraction of sp³-hybridized carbons (Fsp3) is 0.212. The fourth-order valence-electron chi connectivity index (χ4n) is 4.36. The molecule has 0 saturated carbocycles. The Bertz CT molecular complexity index is 1690. The van der Waals surface area contributed by atoms with Crippen LogP contribution in [0.1, 0.15) is 53.4 Å². The Kier molecular flexibility index (Phi) is 8.71. The molecule has 41 heavy (non-hydrogen) atoms. The topological polar surface area (TPSA) is 83.6 Å². The van der Waals surface area contributed by atoms with E-state index in [0.717, 1.165) is 15.4 Å². The summed E-state index contributed by atoms with van der Waals surface area (Å²) in [5.74, 6) is -0.751. The summed E-state index contributed by atoms with van der Waals surface area (Å²) in [5, 5.41) is 3.14. The van der Waals surface area contributed by atoms with E-state index >= 15 is 0 Å². The average molecular weight is 589 g/mol. The summed E-state index contributed by atoms with van der Waals surface area (Å²) < 4.78 is 28.5. The molecule has 8 heteroatoms. The van der Waals surface area contributed by atoms with Crippen molar-refractivity contribution in [1.82, 2.24) is 0 Å². The highest BCUT2D eigenvalue weighted by Gasteiger charge is 2.29. The quantitative estimate of drug-likeness (QED) is 0.219. The minimum Gasteiger partial charge on any atom is -0.324 e. The van der Waals surface area contributed by atoms with Crippen molar-refractivity contribution in [1.29, 1.82) is 0 Å². The van der Waals surface area contributed by atoms with Crippen LogP contribution in [0.3, 0.4) is 0 Å². The molecule has 212 valence electrons. The van der Waals surface area contributed by atoms with Crippen LogP contribution in [0.4, 0.5) is 11.4 Å². The normalized spacial score (nSPS) is 11.7. The summed E-state index contributed by atoms with van der Waals surface area (Å²) >= 11 is 6.32. The molecule has 0 aliphatic rings. The standard InChI is InChI=1S/C33H33ClN2O4S/c1-22-12-18-28(19-13-22)41(39,40)36(30-11-7-10-29(34)23(30)2)21-31(37)35-27-9-6-8-25(20-27)32(38)24-14-16-26(17-15-24)33(3,4)5/h6-20H,21H2,1-5H3,(H,35,37). The number of anilines is 2. The van der Waals surface area contributed by atoms with Crippen molar-refractivity contribution >= 4 is 44.7 Å². The number of carbonyl (C=O) groups is 2. The third kappa shape index (κ3) is 6.87. The summed E-state index contributed by atoms with van der Waals surface area (Å²) in [6, 6.07) is 25.4. The van der Waals surface area contributed by atoms with Crippen LogP contribution in [-0.2, 0) is 20.2 Å². The van der Waals surface area contributed by atoms with Crippen LogP contribution in [0, 0.1) is 13.8 Å². The Labute approximate surface area is 247 Å². The Hall–Kier alpha value is -3.94. The number of halogens is 1. The molecule has 0 saturated heterocycles. The van der Waals surface area contributed by atoms with Gasteiger partial charge in [-0.25, -0.2) is 8.42 Å². The van der Waals surface area contributed by atoms with Crippen molar-refractivity contribution in [3.63, 3.8) is 0 Å². The third-order valence-corrected chi connectivity index (χ3v) is 9.01. The van der Waals surface area contributed by atoms with Gasteiger partial charge in [0.15, 0.2) is 5.78 Å². The number of amides is 1. The number of nitrogens with zero attached hydrogens (tertiary/aromatic N) is 1. The Balaban J connectivity index is 1.60. The van der Waals surface area contributed by atoms with E-state index in [1.54, 1.807) is 73.7 Å². The fourth-order valence-corrected chi connectivity index (χ4v) is 6.01. The van der Waals surface area contributed by atoms with Gasteiger partial charge in [-0.2, -0.15) is 0 Å². The summed E-state index contributed by atoms with van der Waals surface area (Å²) in [5.41, 5.74) is 4.15. The second-order valence-electron chi connectivity index (χ2n) is 11.0. The first-order valence-electron chi connectivity index (χ1n) is 13.2.